The standard InChI is InChI=1S/C10H15N5S/c1-7-5-6-8(16-7)11-9-12-13-10(14(2)3)15(9)4/h5-6H,1-4H3,(H,11,12). The average Bonchev–Trinajstić information content (AvgIpc) is 2.76. The molecule has 16 heavy (non-hydrogen) atoms. The third-order valence-corrected chi connectivity index (χ3v) is 3.14. The number of aromatic nitrogens is 3. The molecule has 0 fully saturated rings. The van der Waals surface area contributed by atoms with E-state index in [9.17, 15) is 0 Å². The highest BCUT2D eigenvalue weighted by atomic mass is 32.1. The van der Waals surface area contributed by atoms with Gasteiger partial charge in [0.2, 0.25) is 11.9 Å². The van der Waals surface area contributed by atoms with E-state index in [1.165, 1.54) is 4.88 Å². The van der Waals surface area contributed by atoms with E-state index in [1.807, 2.05) is 36.7 Å². The van der Waals surface area contributed by atoms with Gasteiger partial charge in [0, 0.05) is 26.0 Å². The first-order valence-corrected chi connectivity index (χ1v) is 5.80. The third-order valence-electron chi connectivity index (χ3n) is 2.23. The van der Waals surface area contributed by atoms with Crippen molar-refractivity contribution in [3.63, 3.8) is 0 Å². The van der Waals surface area contributed by atoms with Crippen LogP contribution in [0.4, 0.5) is 16.9 Å². The molecule has 2 aromatic rings. The van der Waals surface area contributed by atoms with Crippen LogP contribution in [0.2, 0.25) is 0 Å². The number of nitrogens with one attached hydrogen (secondary N) is 1. The van der Waals surface area contributed by atoms with E-state index in [-0.39, 0.29) is 0 Å². The fourth-order valence-corrected chi connectivity index (χ4v) is 2.19. The van der Waals surface area contributed by atoms with Crippen molar-refractivity contribution in [2.45, 2.75) is 6.92 Å². The van der Waals surface area contributed by atoms with Gasteiger partial charge in [-0.3, -0.25) is 4.57 Å². The lowest BCUT2D eigenvalue weighted by molar-refractivity contribution is 0.873. The highest BCUT2D eigenvalue weighted by molar-refractivity contribution is 7.16. The Morgan fingerprint density at radius 3 is 2.56 bits per heavy atom. The lowest BCUT2D eigenvalue weighted by atomic mass is 10.5. The van der Waals surface area contributed by atoms with E-state index in [4.69, 9.17) is 0 Å². The Hall–Kier alpha value is -1.56. The van der Waals surface area contributed by atoms with Gasteiger partial charge in [0.05, 0.1) is 5.00 Å². The van der Waals surface area contributed by atoms with Gasteiger partial charge in [-0.1, -0.05) is 0 Å². The van der Waals surface area contributed by atoms with Crippen LogP contribution in [0.25, 0.3) is 0 Å². The van der Waals surface area contributed by atoms with Crippen LogP contribution in [-0.4, -0.2) is 28.9 Å². The summed E-state index contributed by atoms with van der Waals surface area (Å²) >= 11 is 1.70. The van der Waals surface area contributed by atoms with Gasteiger partial charge in [-0.25, -0.2) is 0 Å². The van der Waals surface area contributed by atoms with Crippen molar-refractivity contribution in [1.82, 2.24) is 14.8 Å². The van der Waals surface area contributed by atoms with Crippen molar-refractivity contribution >= 4 is 28.2 Å². The van der Waals surface area contributed by atoms with Gasteiger partial charge < -0.3 is 10.2 Å². The summed E-state index contributed by atoms with van der Waals surface area (Å²) in [7, 11) is 5.84. The Labute approximate surface area is 98.7 Å². The van der Waals surface area contributed by atoms with Crippen LogP contribution in [0.3, 0.4) is 0 Å². The van der Waals surface area contributed by atoms with E-state index in [0.717, 1.165) is 16.9 Å². The molecule has 1 N–H and O–H groups in total. The van der Waals surface area contributed by atoms with Gasteiger partial charge in [0.15, 0.2) is 0 Å². The maximum atomic E-state index is 4.11. The van der Waals surface area contributed by atoms with Gasteiger partial charge in [-0.15, -0.1) is 21.5 Å². The molecular weight excluding hydrogens is 222 g/mol. The Kier molecular flexibility index (Phi) is 2.82. The Morgan fingerprint density at radius 1 is 1.31 bits per heavy atom. The van der Waals surface area contributed by atoms with Crippen LogP contribution >= 0.6 is 11.3 Å². The number of rotatable bonds is 3. The fourth-order valence-electron chi connectivity index (χ4n) is 1.43. The normalized spacial score (nSPS) is 10.5. The number of aryl methyl sites for hydroxylation is 1. The summed E-state index contributed by atoms with van der Waals surface area (Å²) in [6.07, 6.45) is 0. The maximum absolute atomic E-state index is 4.11. The van der Waals surface area contributed by atoms with Gasteiger partial charge in [-0.05, 0) is 19.1 Å². The van der Waals surface area contributed by atoms with E-state index < -0.39 is 0 Å². The second-order valence-electron chi connectivity index (χ2n) is 3.81. The smallest absolute Gasteiger partial charge is 0.230 e. The molecule has 6 heteroatoms. The molecule has 0 saturated heterocycles. The van der Waals surface area contributed by atoms with Crippen molar-refractivity contribution < 1.29 is 0 Å². The first-order chi connectivity index (χ1) is 7.58. The lowest BCUT2D eigenvalue weighted by Gasteiger charge is -2.10. The monoisotopic (exact) mass is 237 g/mol. The van der Waals surface area contributed by atoms with Gasteiger partial charge in [0.1, 0.15) is 0 Å². The van der Waals surface area contributed by atoms with Crippen LogP contribution in [0.1, 0.15) is 4.88 Å². The minimum atomic E-state index is 0.755. The molecule has 0 radical (unpaired) electrons. The molecule has 2 aromatic heterocycles. The molecule has 0 amide bonds. The molecule has 0 aromatic carbocycles. The number of thiophene rings is 1. The molecule has 2 rings (SSSR count). The Bertz CT molecular complexity index is 485. The predicted octanol–water partition coefficient (Wildman–Crippen LogP) is 1.99. The minimum Gasteiger partial charge on any atom is -0.347 e. The molecule has 5 nitrogen and oxygen atoms in total. The summed E-state index contributed by atoms with van der Waals surface area (Å²) < 4.78 is 1.93. The molecule has 2 heterocycles. The zero-order valence-electron chi connectivity index (χ0n) is 9.85. The molecule has 0 atom stereocenters. The van der Waals surface area contributed by atoms with Crippen molar-refractivity contribution in [2.75, 3.05) is 24.3 Å². The first-order valence-electron chi connectivity index (χ1n) is 4.98. The van der Waals surface area contributed by atoms with Gasteiger partial charge in [-0.2, -0.15) is 0 Å². The van der Waals surface area contributed by atoms with Crippen LogP contribution in [0.5, 0.6) is 0 Å². The van der Waals surface area contributed by atoms with E-state index >= 15 is 0 Å². The quantitative estimate of drug-likeness (QED) is 0.887. The summed E-state index contributed by atoms with van der Waals surface area (Å²) in [5.74, 6) is 1.58. The van der Waals surface area contributed by atoms with Gasteiger partial charge in [0.25, 0.3) is 0 Å². The molecule has 0 saturated carbocycles. The van der Waals surface area contributed by atoms with Crippen LogP contribution < -0.4 is 10.2 Å². The van der Waals surface area contributed by atoms with Crippen LogP contribution in [0.15, 0.2) is 12.1 Å². The van der Waals surface area contributed by atoms with Crippen molar-refractivity contribution in [3.8, 4) is 0 Å². The minimum absolute atomic E-state index is 0.755. The summed E-state index contributed by atoms with van der Waals surface area (Å²) in [5.41, 5.74) is 0. The summed E-state index contributed by atoms with van der Waals surface area (Å²) in [6.45, 7) is 2.08. The number of nitrogens with zero attached hydrogens (tertiary/aromatic N) is 4. The second-order valence-corrected chi connectivity index (χ2v) is 5.10. The highest BCUT2D eigenvalue weighted by Crippen LogP contribution is 2.24. The first kappa shape index (κ1) is 10.9. The topological polar surface area (TPSA) is 46.0 Å². The molecule has 86 valence electrons. The van der Waals surface area contributed by atoms with Crippen molar-refractivity contribution in [3.05, 3.63) is 17.0 Å². The van der Waals surface area contributed by atoms with E-state index in [1.54, 1.807) is 11.3 Å². The molecule has 0 unspecified atom stereocenters. The van der Waals surface area contributed by atoms with Crippen LogP contribution in [-0.2, 0) is 7.05 Å². The summed E-state index contributed by atoms with van der Waals surface area (Å²) in [4.78, 5) is 3.20. The molecular formula is C10H15N5S. The maximum Gasteiger partial charge on any atom is 0.230 e. The predicted molar refractivity (Wildman–Crippen MR) is 67.7 cm³/mol. The average molecular weight is 237 g/mol. The fraction of sp³-hybridized carbons (Fsp3) is 0.400. The number of hydrogen-bond donors (Lipinski definition) is 1. The Balaban J connectivity index is 2.22. The van der Waals surface area contributed by atoms with Gasteiger partial charge >= 0.3 is 0 Å². The summed E-state index contributed by atoms with van der Waals surface area (Å²) in [5, 5.41) is 12.5. The Morgan fingerprint density at radius 2 is 2.06 bits per heavy atom. The van der Waals surface area contributed by atoms with Crippen molar-refractivity contribution in [1.29, 1.82) is 0 Å². The molecule has 0 aliphatic rings. The SMILES string of the molecule is Cc1ccc(Nc2nnc(N(C)C)n2C)s1. The second kappa shape index (κ2) is 4.13. The zero-order chi connectivity index (χ0) is 11.7. The number of hydrogen-bond acceptors (Lipinski definition) is 5. The molecule has 0 spiro atoms. The van der Waals surface area contributed by atoms with E-state index in [0.29, 0.717) is 0 Å². The molecule has 0 bridgehead atoms. The lowest BCUT2D eigenvalue weighted by Crippen LogP contribution is -2.14. The largest absolute Gasteiger partial charge is 0.347 e. The number of anilines is 3. The summed E-state index contributed by atoms with van der Waals surface area (Å²) in [6, 6.07) is 4.13. The third kappa shape index (κ3) is 2.01. The highest BCUT2D eigenvalue weighted by Gasteiger charge is 2.10. The van der Waals surface area contributed by atoms with Crippen LogP contribution in [0, 0.1) is 6.92 Å². The molecule has 0 aliphatic carbocycles. The van der Waals surface area contributed by atoms with E-state index in [2.05, 4.69) is 28.5 Å². The van der Waals surface area contributed by atoms with Crippen molar-refractivity contribution in [2.24, 2.45) is 7.05 Å². The zero-order valence-corrected chi connectivity index (χ0v) is 10.7. The molecule has 0 aliphatic heterocycles.